The first-order chi connectivity index (χ1) is 13.8. The van der Waals surface area contributed by atoms with Crippen molar-refractivity contribution in [3.8, 4) is 0 Å². The maximum atomic E-state index is 13.2. The van der Waals surface area contributed by atoms with Gasteiger partial charge in [0.1, 0.15) is 5.82 Å². The van der Waals surface area contributed by atoms with Gasteiger partial charge in [-0.2, -0.15) is 5.10 Å². The molecule has 0 aliphatic carbocycles. The Labute approximate surface area is 161 Å². The molecule has 0 amide bonds. The lowest BCUT2D eigenvalue weighted by molar-refractivity contribution is 0.624. The lowest BCUT2D eigenvalue weighted by atomic mass is 10.2. The summed E-state index contributed by atoms with van der Waals surface area (Å²) in [6.07, 6.45) is 6.16. The predicted octanol–water partition coefficient (Wildman–Crippen LogP) is 4.17. The number of halogens is 1. The van der Waals surface area contributed by atoms with E-state index < -0.39 is 0 Å². The largest absolute Gasteiger partial charge is 0.256 e. The van der Waals surface area contributed by atoms with Gasteiger partial charge < -0.3 is 0 Å². The first-order valence-electron chi connectivity index (χ1n) is 9.26. The van der Waals surface area contributed by atoms with E-state index in [0.717, 1.165) is 28.1 Å². The number of nitrogens with zero attached hydrogens (tertiary/aromatic N) is 6. The van der Waals surface area contributed by atoms with E-state index in [1.807, 2.05) is 50.4 Å². The molecule has 5 aromatic heterocycles. The van der Waals surface area contributed by atoms with E-state index in [1.165, 1.54) is 12.3 Å². The predicted molar refractivity (Wildman–Crippen MR) is 107 cm³/mol. The molecule has 0 aliphatic heterocycles. The first kappa shape index (κ1) is 17.9. The fourth-order valence-electron chi connectivity index (χ4n) is 3.04. The van der Waals surface area contributed by atoms with Crippen LogP contribution in [0.25, 0.3) is 27.6 Å². The smallest absolute Gasteiger partial charge is 0.164 e. The van der Waals surface area contributed by atoms with Crippen LogP contribution in [0.5, 0.6) is 0 Å². The van der Waals surface area contributed by atoms with Gasteiger partial charge in [0, 0.05) is 35.3 Å². The Morgan fingerprint density at radius 2 is 1.89 bits per heavy atom. The van der Waals surface area contributed by atoms with Crippen molar-refractivity contribution in [2.24, 2.45) is 0 Å². The van der Waals surface area contributed by atoms with E-state index in [2.05, 4.69) is 25.0 Å². The zero-order valence-electron chi connectivity index (χ0n) is 15.7. The van der Waals surface area contributed by atoms with Gasteiger partial charge in [-0.15, -0.1) is 0 Å². The van der Waals surface area contributed by atoms with Gasteiger partial charge >= 0.3 is 0 Å². The van der Waals surface area contributed by atoms with Gasteiger partial charge in [-0.1, -0.05) is 13.8 Å². The molecule has 0 aromatic carbocycles. The average molecular weight is 374 g/mol. The van der Waals surface area contributed by atoms with Crippen LogP contribution in [0.4, 0.5) is 4.39 Å². The van der Waals surface area contributed by atoms with Crippen molar-refractivity contribution >= 4 is 27.6 Å². The van der Waals surface area contributed by atoms with Gasteiger partial charge in [0.25, 0.3) is 0 Å². The van der Waals surface area contributed by atoms with Gasteiger partial charge in [-0.25, -0.2) is 23.9 Å². The zero-order valence-corrected chi connectivity index (χ0v) is 15.7. The Balaban J connectivity index is 0.000000932. The second-order valence-corrected chi connectivity index (χ2v) is 6.05. The van der Waals surface area contributed by atoms with Crippen molar-refractivity contribution < 1.29 is 4.39 Å². The van der Waals surface area contributed by atoms with E-state index in [9.17, 15) is 4.39 Å². The molecule has 0 fully saturated rings. The Morgan fingerprint density at radius 1 is 1.00 bits per heavy atom. The average Bonchev–Trinajstić information content (AvgIpc) is 3.17. The van der Waals surface area contributed by atoms with Gasteiger partial charge in [0.15, 0.2) is 17.1 Å². The topological polar surface area (TPSA) is 68.9 Å². The van der Waals surface area contributed by atoms with Crippen molar-refractivity contribution in [2.45, 2.75) is 26.7 Å². The standard InChI is InChI=1S/C19H13FN6.C2H6/c20-13-10-12-3-4-14(23-18(12)22-11-13)5-6-17-24-19-15-2-1-8-21-16(15)7-9-26(19)25-17;1-2/h1-4,7-11H,5-6H2;1-2H3. The molecule has 140 valence electrons. The SMILES string of the molecule is CC.Fc1cnc2nc(CCc3nc4c5cccnc5ccn4n3)ccc2c1. The minimum Gasteiger partial charge on any atom is -0.256 e. The number of fused-ring (bicyclic) bond motifs is 4. The molecule has 0 saturated carbocycles. The lowest BCUT2D eigenvalue weighted by Gasteiger charge is -2.01. The number of aryl methyl sites for hydroxylation is 2. The molecule has 5 aromatic rings. The summed E-state index contributed by atoms with van der Waals surface area (Å²) in [7, 11) is 0. The minimum absolute atomic E-state index is 0.359. The first-order valence-corrected chi connectivity index (χ1v) is 9.26. The lowest BCUT2D eigenvalue weighted by Crippen LogP contribution is -1.98. The number of rotatable bonds is 3. The van der Waals surface area contributed by atoms with Crippen molar-refractivity contribution in [3.05, 3.63) is 72.3 Å². The van der Waals surface area contributed by atoms with Crippen LogP contribution < -0.4 is 0 Å². The quantitative estimate of drug-likeness (QED) is 0.474. The van der Waals surface area contributed by atoms with Crippen LogP contribution in [-0.4, -0.2) is 29.5 Å². The Bertz CT molecular complexity index is 1260. The van der Waals surface area contributed by atoms with Gasteiger partial charge in [0.2, 0.25) is 0 Å². The van der Waals surface area contributed by atoms with E-state index in [1.54, 1.807) is 10.7 Å². The number of pyridine rings is 4. The second kappa shape index (κ2) is 7.64. The van der Waals surface area contributed by atoms with Crippen molar-refractivity contribution in [2.75, 3.05) is 0 Å². The summed E-state index contributed by atoms with van der Waals surface area (Å²) in [6.45, 7) is 4.00. The molecular weight excluding hydrogens is 355 g/mol. The molecule has 0 aliphatic rings. The molecule has 7 heteroatoms. The molecule has 5 heterocycles. The Hall–Kier alpha value is -3.48. The Morgan fingerprint density at radius 3 is 2.79 bits per heavy atom. The van der Waals surface area contributed by atoms with Crippen LogP contribution in [0.3, 0.4) is 0 Å². The van der Waals surface area contributed by atoms with Crippen molar-refractivity contribution in [1.29, 1.82) is 0 Å². The fourth-order valence-corrected chi connectivity index (χ4v) is 3.04. The maximum absolute atomic E-state index is 13.2. The van der Waals surface area contributed by atoms with Crippen LogP contribution in [-0.2, 0) is 12.8 Å². The molecule has 5 rings (SSSR count). The number of aromatic nitrogens is 6. The van der Waals surface area contributed by atoms with E-state index >= 15 is 0 Å². The highest BCUT2D eigenvalue weighted by Gasteiger charge is 2.09. The summed E-state index contributed by atoms with van der Waals surface area (Å²) >= 11 is 0. The van der Waals surface area contributed by atoms with Crippen LogP contribution in [0.2, 0.25) is 0 Å². The van der Waals surface area contributed by atoms with Crippen LogP contribution in [0.1, 0.15) is 25.4 Å². The minimum atomic E-state index is -0.359. The summed E-state index contributed by atoms with van der Waals surface area (Å²) in [5, 5.41) is 6.21. The van der Waals surface area contributed by atoms with Crippen LogP contribution >= 0.6 is 0 Å². The third kappa shape index (κ3) is 3.38. The van der Waals surface area contributed by atoms with E-state index in [-0.39, 0.29) is 5.82 Å². The fraction of sp³-hybridized carbons (Fsp3) is 0.190. The summed E-state index contributed by atoms with van der Waals surface area (Å²) < 4.78 is 15.0. The highest BCUT2D eigenvalue weighted by Crippen LogP contribution is 2.17. The molecule has 28 heavy (non-hydrogen) atoms. The second-order valence-electron chi connectivity index (χ2n) is 6.05. The van der Waals surface area contributed by atoms with E-state index in [4.69, 9.17) is 0 Å². The Kier molecular flexibility index (Phi) is 4.89. The summed E-state index contributed by atoms with van der Waals surface area (Å²) in [5.74, 6) is 0.387. The number of hydrogen-bond donors (Lipinski definition) is 0. The van der Waals surface area contributed by atoms with Crippen LogP contribution in [0, 0.1) is 5.82 Å². The molecule has 0 radical (unpaired) electrons. The molecule has 0 N–H and O–H groups in total. The molecule has 0 unspecified atom stereocenters. The third-order valence-corrected chi connectivity index (χ3v) is 4.30. The number of hydrogen-bond acceptors (Lipinski definition) is 5. The van der Waals surface area contributed by atoms with Gasteiger partial charge in [-0.05, 0) is 42.8 Å². The van der Waals surface area contributed by atoms with Gasteiger partial charge in [-0.3, -0.25) is 4.98 Å². The van der Waals surface area contributed by atoms with Gasteiger partial charge in [0.05, 0.1) is 11.7 Å². The molecular formula is C21H19FN6. The summed E-state index contributed by atoms with van der Waals surface area (Å²) in [4.78, 5) is 17.5. The maximum Gasteiger partial charge on any atom is 0.164 e. The highest BCUT2D eigenvalue weighted by atomic mass is 19.1. The van der Waals surface area contributed by atoms with Crippen molar-refractivity contribution in [1.82, 2.24) is 29.5 Å². The molecule has 6 nitrogen and oxygen atoms in total. The summed E-state index contributed by atoms with van der Waals surface area (Å²) in [5.41, 5.74) is 3.12. The molecule has 0 spiro atoms. The molecule has 0 atom stereocenters. The zero-order chi connectivity index (χ0) is 19.5. The van der Waals surface area contributed by atoms with Crippen LogP contribution in [0.15, 0.2) is 55.0 Å². The molecule has 0 saturated heterocycles. The normalized spacial score (nSPS) is 11.0. The third-order valence-electron chi connectivity index (χ3n) is 4.30. The molecule has 0 bridgehead atoms. The van der Waals surface area contributed by atoms with Crippen molar-refractivity contribution in [3.63, 3.8) is 0 Å². The van der Waals surface area contributed by atoms with E-state index in [0.29, 0.717) is 23.9 Å². The monoisotopic (exact) mass is 374 g/mol. The summed E-state index contributed by atoms with van der Waals surface area (Å²) in [6, 6.07) is 11.0. The highest BCUT2D eigenvalue weighted by molar-refractivity contribution is 5.90.